The third-order valence-corrected chi connectivity index (χ3v) is 4.03. The molecule has 118 valence electrons. The minimum atomic E-state index is -0.562. The summed E-state index contributed by atoms with van der Waals surface area (Å²) >= 11 is 0. The fourth-order valence-electron chi connectivity index (χ4n) is 2.98. The van der Waals surface area contributed by atoms with Crippen molar-refractivity contribution in [2.24, 2.45) is 0 Å². The van der Waals surface area contributed by atoms with Crippen LogP contribution in [0.3, 0.4) is 0 Å². The van der Waals surface area contributed by atoms with E-state index in [2.05, 4.69) is 9.80 Å². The molecule has 0 saturated carbocycles. The van der Waals surface area contributed by atoms with Gasteiger partial charge in [-0.25, -0.2) is 0 Å². The molecule has 0 aliphatic carbocycles. The number of nitrogens with zero attached hydrogens (tertiary/aromatic N) is 2. The van der Waals surface area contributed by atoms with E-state index >= 15 is 0 Å². The Morgan fingerprint density at radius 1 is 1.24 bits per heavy atom. The standard InChI is InChI=1S/C16H26N2O3/c1-13(20)16-14(5-3-6-15(16)21-2)18-8-4-7-17(9-10-18)11-12-19/h3,5-6,13,19-20H,4,7-12H2,1-2H3. The molecular weight excluding hydrogens is 268 g/mol. The topological polar surface area (TPSA) is 56.2 Å². The van der Waals surface area contributed by atoms with Crippen molar-refractivity contribution >= 4 is 5.69 Å². The third kappa shape index (κ3) is 3.87. The zero-order valence-electron chi connectivity index (χ0n) is 13.0. The predicted molar refractivity (Wildman–Crippen MR) is 84.0 cm³/mol. The molecule has 1 aromatic rings. The Morgan fingerprint density at radius 2 is 2.05 bits per heavy atom. The number of anilines is 1. The Morgan fingerprint density at radius 3 is 2.71 bits per heavy atom. The molecule has 21 heavy (non-hydrogen) atoms. The Balaban J connectivity index is 2.21. The molecule has 1 aliphatic rings. The van der Waals surface area contributed by atoms with Crippen LogP contribution in [0.2, 0.25) is 0 Å². The molecule has 2 rings (SSSR count). The van der Waals surface area contributed by atoms with E-state index in [-0.39, 0.29) is 6.61 Å². The molecule has 5 heteroatoms. The highest BCUT2D eigenvalue weighted by atomic mass is 16.5. The second-order valence-electron chi connectivity index (χ2n) is 5.47. The van der Waals surface area contributed by atoms with E-state index in [0.717, 1.165) is 56.1 Å². The van der Waals surface area contributed by atoms with Crippen molar-refractivity contribution < 1.29 is 14.9 Å². The van der Waals surface area contributed by atoms with E-state index < -0.39 is 6.10 Å². The predicted octanol–water partition coefficient (Wildman–Crippen LogP) is 1.25. The number of β-amino-alcohol motifs (C(OH)–C–C–N with tert-alkyl or cyclic N) is 1. The fraction of sp³-hybridized carbons (Fsp3) is 0.625. The van der Waals surface area contributed by atoms with Gasteiger partial charge in [0.15, 0.2) is 0 Å². The lowest BCUT2D eigenvalue weighted by molar-refractivity contribution is 0.194. The number of ether oxygens (including phenoxy) is 1. The minimum Gasteiger partial charge on any atom is -0.496 e. The number of hydrogen-bond acceptors (Lipinski definition) is 5. The van der Waals surface area contributed by atoms with E-state index in [1.54, 1.807) is 14.0 Å². The molecule has 1 fully saturated rings. The van der Waals surface area contributed by atoms with Crippen LogP contribution in [-0.2, 0) is 0 Å². The minimum absolute atomic E-state index is 0.206. The largest absolute Gasteiger partial charge is 0.496 e. The third-order valence-electron chi connectivity index (χ3n) is 4.03. The highest BCUT2D eigenvalue weighted by molar-refractivity contribution is 5.60. The van der Waals surface area contributed by atoms with Crippen molar-refractivity contribution in [2.75, 3.05) is 51.3 Å². The molecule has 0 bridgehead atoms. The van der Waals surface area contributed by atoms with Crippen molar-refractivity contribution in [1.29, 1.82) is 0 Å². The maximum absolute atomic E-state index is 10.1. The van der Waals surface area contributed by atoms with Crippen LogP contribution < -0.4 is 9.64 Å². The van der Waals surface area contributed by atoms with Crippen molar-refractivity contribution in [1.82, 2.24) is 4.90 Å². The second-order valence-corrected chi connectivity index (χ2v) is 5.47. The maximum atomic E-state index is 10.1. The van der Waals surface area contributed by atoms with E-state index in [9.17, 15) is 5.11 Å². The van der Waals surface area contributed by atoms with Crippen molar-refractivity contribution in [3.05, 3.63) is 23.8 Å². The lowest BCUT2D eigenvalue weighted by atomic mass is 10.1. The van der Waals surface area contributed by atoms with Gasteiger partial charge in [-0.15, -0.1) is 0 Å². The molecule has 0 aromatic heterocycles. The smallest absolute Gasteiger partial charge is 0.126 e. The summed E-state index contributed by atoms with van der Waals surface area (Å²) in [6.07, 6.45) is 0.490. The average molecular weight is 294 g/mol. The Bertz CT molecular complexity index is 451. The van der Waals surface area contributed by atoms with Gasteiger partial charge in [-0.1, -0.05) is 6.07 Å². The highest BCUT2D eigenvalue weighted by Gasteiger charge is 2.21. The molecule has 1 aliphatic heterocycles. The average Bonchev–Trinajstić information content (AvgIpc) is 2.72. The van der Waals surface area contributed by atoms with Gasteiger partial charge in [-0.2, -0.15) is 0 Å². The van der Waals surface area contributed by atoms with Gasteiger partial charge >= 0.3 is 0 Å². The van der Waals surface area contributed by atoms with Gasteiger partial charge in [-0.05, 0) is 32.0 Å². The number of benzene rings is 1. The number of hydrogen-bond donors (Lipinski definition) is 2. The van der Waals surface area contributed by atoms with E-state index in [1.165, 1.54) is 0 Å². The van der Waals surface area contributed by atoms with Crippen LogP contribution in [0.4, 0.5) is 5.69 Å². The molecular formula is C16H26N2O3. The van der Waals surface area contributed by atoms with Crippen LogP contribution in [0.25, 0.3) is 0 Å². The second kappa shape index (κ2) is 7.64. The summed E-state index contributed by atoms with van der Waals surface area (Å²) < 4.78 is 5.40. The normalized spacial score (nSPS) is 18.4. The zero-order chi connectivity index (χ0) is 15.2. The lowest BCUT2D eigenvalue weighted by Gasteiger charge is -2.27. The van der Waals surface area contributed by atoms with Gasteiger partial charge in [-0.3, -0.25) is 4.90 Å². The molecule has 0 spiro atoms. The Hall–Kier alpha value is -1.30. The molecule has 0 amide bonds. The van der Waals surface area contributed by atoms with Crippen LogP contribution in [0.15, 0.2) is 18.2 Å². The Kier molecular flexibility index (Phi) is 5.85. The summed E-state index contributed by atoms with van der Waals surface area (Å²) in [6.45, 7) is 6.49. The number of aliphatic hydroxyl groups is 2. The molecule has 1 atom stereocenters. The number of rotatable bonds is 5. The fourth-order valence-corrected chi connectivity index (χ4v) is 2.98. The molecule has 0 radical (unpaired) electrons. The van der Waals surface area contributed by atoms with E-state index in [4.69, 9.17) is 9.84 Å². The highest BCUT2D eigenvalue weighted by Crippen LogP contribution is 2.34. The van der Waals surface area contributed by atoms with Gasteiger partial charge in [0.2, 0.25) is 0 Å². The quantitative estimate of drug-likeness (QED) is 0.856. The van der Waals surface area contributed by atoms with Crippen molar-refractivity contribution in [3.63, 3.8) is 0 Å². The molecule has 1 aromatic carbocycles. The lowest BCUT2D eigenvalue weighted by Crippen LogP contribution is -2.32. The van der Waals surface area contributed by atoms with Crippen LogP contribution >= 0.6 is 0 Å². The van der Waals surface area contributed by atoms with Crippen LogP contribution in [0.1, 0.15) is 25.0 Å². The summed E-state index contributed by atoms with van der Waals surface area (Å²) in [5.74, 6) is 0.735. The number of methoxy groups -OCH3 is 1. The van der Waals surface area contributed by atoms with Gasteiger partial charge in [0.1, 0.15) is 5.75 Å². The first-order valence-corrected chi connectivity index (χ1v) is 7.60. The number of aliphatic hydroxyl groups excluding tert-OH is 2. The zero-order valence-corrected chi connectivity index (χ0v) is 13.0. The summed E-state index contributed by atoms with van der Waals surface area (Å²) in [7, 11) is 1.64. The van der Waals surface area contributed by atoms with E-state index in [0.29, 0.717) is 0 Å². The van der Waals surface area contributed by atoms with Gasteiger partial charge in [0, 0.05) is 37.4 Å². The van der Waals surface area contributed by atoms with Crippen molar-refractivity contribution in [2.45, 2.75) is 19.4 Å². The van der Waals surface area contributed by atoms with E-state index in [1.807, 2.05) is 18.2 Å². The van der Waals surface area contributed by atoms with Crippen molar-refractivity contribution in [3.8, 4) is 5.75 Å². The van der Waals surface area contributed by atoms with Gasteiger partial charge in [0.25, 0.3) is 0 Å². The molecule has 2 N–H and O–H groups in total. The first kappa shape index (κ1) is 16.1. The van der Waals surface area contributed by atoms with Crippen LogP contribution in [0.5, 0.6) is 5.75 Å². The summed E-state index contributed by atoms with van der Waals surface area (Å²) in [5.41, 5.74) is 1.91. The van der Waals surface area contributed by atoms with Crippen LogP contribution in [-0.4, -0.2) is 61.6 Å². The summed E-state index contributed by atoms with van der Waals surface area (Å²) in [5, 5.41) is 19.2. The molecule has 5 nitrogen and oxygen atoms in total. The summed E-state index contributed by atoms with van der Waals surface area (Å²) in [4.78, 5) is 4.59. The van der Waals surface area contributed by atoms with Crippen LogP contribution in [0, 0.1) is 0 Å². The first-order chi connectivity index (χ1) is 10.2. The summed E-state index contributed by atoms with van der Waals surface area (Å²) in [6, 6.07) is 5.91. The molecule has 1 unspecified atom stereocenters. The first-order valence-electron chi connectivity index (χ1n) is 7.60. The molecule has 1 heterocycles. The van der Waals surface area contributed by atoms with Gasteiger partial charge in [0.05, 0.1) is 19.8 Å². The Labute approximate surface area is 126 Å². The SMILES string of the molecule is COc1cccc(N2CCCN(CCO)CC2)c1C(C)O. The maximum Gasteiger partial charge on any atom is 0.126 e. The molecule has 1 saturated heterocycles. The van der Waals surface area contributed by atoms with Gasteiger partial charge < -0.3 is 19.8 Å². The monoisotopic (exact) mass is 294 g/mol.